The molecular formula is C21H17BrFN3O3. The molecule has 3 aromatic carbocycles. The van der Waals surface area contributed by atoms with E-state index in [0.717, 1.165) is 0 Å². The van der Waals surface area contributed by atoms with Gasteiger partial charge in [-0.05, 0) is 54.6 Å². The summed E-state index contributed by atoms with van der Waals surface area (Å²) in [6.45, 7) is -0.335. The molecule has 0 radical (unpaired) electrons. The van der Waals surface area contributed by atoms with Gasteiger partial charge in [0.2, 0.25) is 0 Å². The van der Waals surface area contributed by atoms with Crippen LogP contribution in [-0.4, -0.2) is 18.5 Å². The van der Waals surface area contributed by atoms with Crippen LogP contribution in [0.3, 0.4) is 0 Å². The summed E-state index contributed by atoms with van der Waals surface area (Å²) >= 11 is 3.15. The van der Waals surface area contributed by atoms with Crippen molar-refractivity contribution in [3.8, 4) is 5.75 Å². The van der Waals surface area contributed by atoms with E-state index < -0.39 is 11.7 Å². The van der Waals surface area contributed by atoms with Crippen LogP contribution >= 0.6 is 15.9 Å². The molecule has 0 aliphatic heterocycles. The van der Waals surface area contributed by atoms with E-state index in [-0.39, 0.29) is 18.4 Å². The number of urea groups is 1. The second kappa shape index (κ2) is 9.70. The highest BCUT2D eigenvalue weighted by Crippen LogP contribution is 2.21. The highest BCUT2D eigenvalue weighted by Gasteiger charge is 2.08. The van der Waals surface area contributed by atoms with Crippen LogP contribution in [0.1, 0.15) is 0 Å². The topological polar surface area (TPSA) is 79.5 Å². The van der Waals surface area contributed by atoms with Gasteiger partial charge >= 0.3 is 6.03 Å². The SMILES string of the molecule is O=C(COc1ccc(Br)cc1F)Nc1ccc(NC(=O)Nc2ccccc2)cc1. The Morgan fingerprint density at radius 2 is 1.41 bits per heavy atom. The van der Waals surface area contributed by atoms with Gasteiger partial charge in [-0.25, -0.2) is 9.18 Å². The number of rotatable bonds is 6. The first kappa shape index (κ1) is 20.3. The van der Waals surface area contributed by atoms with E-state index in [1.807, 2.05) is 18.2 Å². The van der Waals surface area contributed by atoms with Crippen molar-refractivity contribution in [3.63, 3.8) is 0 Å². The summed E-state index contributed by atoms with van der Waals surface area (Å²) in [6.07, 6.45) is 0. The molecule has 3 rings (SSSR count). The lowest BCUT2D eigenvalue weighted by atomic mass is 10.2. The molecule has 0 unspecified atom stereocenters. The summed E-state index contributed by atoms with van der Waals surface area (Å²) in [4.78, 5) is 24.0. The molecule has 0 heterocycles. The fourth-order valence-electron chi connectivity index (χ4n) is 2.38. The molecule has 6 nitrogen and oxygen atoms in total. The molecule has 0 atom stereocenters. The Morgan fingerprint density at radius 1 is 0.828 bits per heavy atom. The number of nitrogens with one attached hydrogen (secondary N) is 3. The van der Waals surface area contributed by atoms with Gasteiger partial charge < -0.3 is 20.7 Å². The van der Waals surface area contributed by atoms with Gasteiger partial charge in [0.25, 0.3) is 5.91 Å². The van der Waals surface area contributed by atoms with Gasteiger partial charge in [-0.2, -0.15) is 0 Å². The Balaban J connectivity index is 1.48. The molecular weight excluding hydrogens is 441 g/mol. The molecule has 0 bridgehead atoms. The molecule has 0 spiro atoms. The fourth-order valence-corrected chi connectivity index (χ4v) is 2.72. The van der Waals surface area contributed by atoms with Crippen molar-refractivity contribution in [2.45, 2.75) is 0 Å². The molecule has 29 heavy (non-hydrogen) atoms. The maximum Gasteiger partial charge on any atom is 0.323 e. The number of para-hydroxylation sites is 1. The van der Waals surface area contributed by atoms with Crippen molar-refractivity contribution < 1.29 is 18.7 Å². The van der Waals surface area contributed by atoms with Crippen molar-refractivity contribution in [2.24, 2.45) is 0 Å². The Bertz CT molecular complexity index is 998. The average Bonchev–Trinajstić information content (AvgIpc) is 2.69. The molecule has 0 saturated carbocycles. The van der Waals surface area contributed by atoms with Crippen molar-refractivity contribution in [3.05, 3.63) is 83.1 Å². The summed E-state index contributed by atoms with van der Waals surface area (Å²) in [6, 6.07) is 19.6. The van der Waals surface area contributed by atoms with Gasteiger partial charge in [-0.3, -0.25) is 4.79 Å². The summed E-state index contributed by atoms with van der Waals surface area (Å²) in [5.41, 5.74) is 1.75. The number of carbonyl (C=O) groups excluding carboxylic acids is 2. The van der Waals surface area contributed by atoms with Gasteiger partial charge in [0.15, 0.2) is 18.2 Å². The smallest absolute Gasteiger partial charge is 0.323 e. The van der Waals surface area contributed by atoms with E-state index in [2.05, 4.69) is 31.9 Å². The van der Waals surface area contributed by atoms with Crippen LogP contribution in [0.2, 0.25) is 0 Å². The normalized spacial score (nSPS) is 10.1. The molecule has 0 aliphatic carbocycles. The third-order valence-electron chi connectivity index (χ3n) is 3.71. The Morgan fingerprint density at radius 3 is 2.03 bits per heavy atom. The Kier molecular flexibility index (Phi) is 6.80. The van der Waals surface area contributed by atoms with Gasteiger partial charge in [0.05, 0.1) is 0 Å². The first-order chi connectivity index (χ1) is 14.0. The number of ether oxygens (including phenoxy) is 1. The van der Waals surface area contributed by atoms with Gasteiger partial charge in [-0.1, -0.05) is 34.1 Å². The molecule has 3 amide bonds. The fraction of sp³-hybridized carbons (Fsp3) is 0.0476. The second-order valence-electron chi connectivity index (χ2n) is 5.93. The lowest BCUT2D eigenvalue weighted by molar-refractivity contribution is -0.118. The van der Waals surface area contributed by atoms with E-state index in [1.165, 1.54) is 12.1 Å². The number of amides is 3. The lowest BCUT2D eigenvalue weighted by Gasteiger charge is -2.10. The van der Waals surface area contributed by atoms with Gasteiger partial charge in [0.1, 0.15) is 0 Å². The minimum atomic E-state index is -0.559. The molecule has 3 aromatic rings. The first-order valence-corrected chi connectivity index (χ1v) is 9.40. The zero-order valence-electron chi connectivity index (χ0n) is 15.1. The van der Waals surface area contributed by atoms with Crippen LogP contribution in [-0.2, 0) is 4.79 Å². The number of benzene rings is 3. The average molecular weight is 458 g/mol. The minimum Gasteiger partial charge on any atom is -0.481 e. The summed E-state index contributed by atoms with van der Waals surface area (Å²) in [5, 5.41) is 8.04. The third kappa shape index (κ3) is 6.32. The van der Waals surface area contributed by atoms with Crippen LogP contribution in [0.25, 0.3) is 0 Å². The van der Waals surface area contributed by atoms with E-state index in [4.69, 9.17) is 4.74 Å². The van der Waals surface area contributed by atoms with Gasteiger partial charge in [-0.15, -0.1) is 0 Å². The number of anilines is 3. The predicted octanol–water partition coefficient (Wildman–Crippen LogP) is 5.25. The largest absolute Gasteiger partial charge is 0.481 e. The summed E-state index contributed by atoms with van der Waals surface area (Å²) < 4.78 is 19.5. The van der Waals surface area contributed by atoms with Crippen LogP contribution in [0.15, 0.2) is 77.3 Å². The van der Waals surface area contributed by atoms with Crippen LogP contribution in [0, 0.1) is 5.82 Å². The van der Waals surface area contributed by atoms with Crippen LogP contribution in [0.5, 0.6) is 5.75 Å². The van der Waals surface area contributed by atoms with E-state index in [0.29, 0.717) is 21.5 Å². The second-order valence-corrected chi connectivity index (χ2v) is 6.85. The molecule has 0 fully saturated rings. The standard InChI is InChI=1S/C21H17BrFN3O3/c22-14-6-11-19(18(23)12-14)29-13-20(27)24-16-7-9-17(10-8-16)26-21(28)25-15-4-2-1-3-5-15/h1-12H,13H2,(H,24,27)(H2,25,26,28). The van der Waals surface area contributed by atoms with Gasteiger partial charge in [0, 0.05) is 21.5 Å². The van der Waals surface area contributed by atoms with E-state index >= 15 is 0 Å². The highest BCUT2D eigenvalue weighted by molar-refractivity contribution is 9.10. The molecule has 8 heteroatoms. The number of carbonyl (C=O) groups is 2. The minimum absolute atomic E-state index is 0.00711. The quantitative estimate of drug-likeness (QED) is 0.472. The van der Waals surface area contributed by atoms with Crippen LogP contribution in [0.4, 0.5) is 26.2 Å². The van der Waals surface area contributed by atoms with Crippen LogP contribution < -0.4 is 20.7 Å². The maximum absolute atomic E-state index is 13.7. The zero-order valence-corrected chi connectivity index (χ0v) is 16.7. The van der Waals surface area contributed by atoms with E-state index in [1.54, 1.807) is 42.5 Å². The summed E-state index contributed by atoms with van der Waals surface area (Å²) in [5.74, 6) is -1.00. The van der Waals surface area contributed by atoms with E-state index in [9.17, 15) is 14.0 Å². The zero-order chi connectivity index (χ0) is 20.6. The highest BCUT2D eigenvalue weighted by atomic mass is 79.9. The molecule has 148 valence electrons. The predicted molar refractivity (Wildman–Crippen MR) is 114 cm³/mol. The molecule has 0 saturated heterocycles. The monoisotopic (exact) mass is 457 g/mol. The van der Waals surface area contributed by atoms with Crippen molar-refractivity contribution in [2.75, 3.05) is 22.6 Å². The number of hydrogen-bond donors (Lipinski definition) is 3. The molecule has 0 aromatic heterocycles. The Labute approximate surface area is 175 Å². The third-order valence-corrected chi connectivity index (χ3v) is 4.20. The maximum atomic E-state index is 13.7. The Hall–Kier alpha value is -3.39. The number of halogens is 2. The first-order valence-electron chi connectivity index (χ1n) is 8.60. The molecule has 0 aliphatic rings. The lowest BCUT2D eigenvalue weighted by Crippen LogP contribution is -2.21. The van der Waals surface area contributed by atoms with Crippen molar-refractivity contribution in [1.29, 1.82) is 0 Å². The molecule has 3 N–H and O–H groups in total. The summed E-state index contributed by atoms with van der Waals surface area (Å²) in [7, 11) is 0. The number of hydrogen-bond acceptors (Lipinski definition) is 3. The van der Waals surface area contributed by atoms with Crippen molar-refractivity contribution >= 4 is 44.9 Å². The van der Waals surface area contributed by atoms with Crippen molar-refractivity contribution in [1.82, 2.24) is 0 Å².